The van der Waals surface area contributed by atoms with Crippen molar-refractivity contribution in [1.82, 2.24) is 4.98 Å². The van der Waals surface area contributed by atoms with Gasteiger partial charge in [0.1, 0.15) is 0 Å². The molecule has 2 rings (SSSR count). The third-order valence-electron chi connectivity index (χ3n) is 2.50. The summed E-state index contributed by atoms with van der Waals surface area (Å²) in [7, 11) is 0. The van der Waals surface area contributed by atoms with Crippen molar-refractivity contribution in [2.24, 2.45) is 0 Å². The van der Waals surface area contributed by atoms with Crippen molar-refractivity contribution >= 4 is 39.2 Å². The Morgan fingerprint density at radius 3 is 2.60 bits per heavy atom. The van der Waals surface area contributed by atoms with E-state index < -0.39 is 11.9 Å². The molecular weight excluding hydrogens is 326 g/mol. The van der Waals surface area contributed by atoms with Gasteiger partial charge in [-0.05, 0) is 40.2 Å². The molecule has 0 aliphatic rings. The summed E-state index contributed by atoms with van der Waals surface area (Å²) in [5, 5.41) is 11.4. The van der Waals surface area contributed by atoms with Gasteiger partial charge < -0.3 is 16.2 Å². The highest BCUT2D eigenvalue weighted by Gasteiger charge is 2.10. The Morgan fingerprint density at radius 2 is 1.95 bits per heavy atom. The molecule has 0 radical (unpaired) electrons. The molecule has 0 saturated carbocycles. The monoisotopic (exact) mass is 335 g/mol. The van der Waals surface area contributed by atoms with Crippen LogP contribution in [0.1, 0.15) is 20.7 Å². The molecule has 1 aromatic heterocycles. The zero-order valence-electron chi connectivity index (χ0n) is 10.1. The summed E-state index contributed by atoms with van der Waals surface area (Å²) in [6.07, 6.45) is 2.57. The third-order valence-corrected chi connectivity index (χ3v) is 3.22. The number of carboxylic acid groups (broad SMARTS) is 1. The molecule has 0 spiro atoms. The van der Waals surface area contributed by atoms with E-state index in [1.807, 2.05) is 0 Å². The molecule has 0 atom stereocenters. The van der Waals surface area contributed by atoms with Crippen LogP contribution in [0, 0.1) is 0 Å². The number of carboxylic acids is 1. The first-order valence-electron chi connectivity index (χ1n) is 5.52. The van der Waals surface area contributed by atoms with E-state index in [1.165, 1.54) is 24.5 Å². The van der Waals surface area contributed by atoms with Crippen LogP contribution in [-0.2, 0) is 0 Å². The number of rotatable bonds is 3. The zero-order chi connectivity index (χ0) is 14.7. The van der Waals surface area contributed by atoms with Crippen molar-refractivity contribution in [3.8, 4) is 0 Å². The number of nitrogens with zero attached hydrogens (tertiary/aromatic N) is 1. The van der Waals surface area contributed by atoms with E-state index in [1.54, 1.807) is 12.1 Å². The highest BCUT2D eigenvalue weighted by molar-refractivity contribution is 9.10. The summed E-state index contributed by atoms with van der Waals surface area (Å²) in [6, 6.07) is 6.11. The van der Waals surface area contributed by atoms with Gasteiger partial charge in [-0.15, -0.1) is 0 Å². The lowest BCUT2D eigenvalue weighted by Crippen LogP contribution is -2.13. The largest absolute Gasteiger partial charge is 0.478 e. The average molecular weight is 336 g/mol. The average Bonchev–Trinajstić information content (AvgIpc) is 2.42. The Balaban J connectivity index is 2.21. The van der Waals surface area contributed by atoms with Crippen molar-refractivity contribution in [3.63, 3.8) is 0 Å². The van der Waals surface area contributed by atoms with Crippen LogP contribution in [0.3, 0.4) is 0 Å². The number of carbonyl (C=O) groups is 2. The molecule has 1 heterocycles. The number of nitrogens with one attached hydrogen (secondary N) is 1. The van der Waals surface area contributed by atoms with E-state index in [-0.39, 0.29) is 5.56 Å². The van der Waals surface area contributed by atoms with E-state index in [4.69, 9.17) is 10.8 Å². The molecule has 0 saturated heterocycles. The normalized spacial score (nSPS) is 10.1. The molecule has 0 aliphatic heterocycles. The van der Waals surface area contributed by atoms with Gasteiger partial charge in [0.2, 0.25) is 0 Å². The Bertz CT molecular complexity index is 688. The van der Waals surface area contributed by atoms with Gasteiger partial charge in [0.15, 0.2) is 0 Å². The van der Waals surface area contributed by atoms with Gasteiger partial charge in [0, 0.05) is 21.9 Å². The molecule has 1 aromatic carbocycles. The number of aromatic carboxylic acids is 1. The molecule has 2 aromatic rings. The fourth-order valence-corrected chi connectivity index (χ4v) is 1.76. The van der Waals surface area contributed by atoms with E-state index in [0.29, 0.717) is 21.4 Å². The fourth-order valence-electron chi connectivity index (χ4n) is 1.51. The van der Waals surface area contributed by atoms with Crippen LogP contribution in [0.5, 0.6) is 0 Å². The Morgan fingerprint density at radius 1 is 1.20 bits per heavy atom. The van der Waals surface area contributed by atoms with Crippen LogP contribution in [-0.4, -0.2) is 22.0 Å². The molecule has 0 fully saturated rings. The number of carbonyl (C=O) groups excluding carboxylic acids is 1. The second-order valence-electron chi connectivity index (χ2n) is 3.96. The molecule has 102 valence electrons. The maximum Gasteiger partial charge on any atom is 0.337 e. The first kappa shape index (κ1) is 14.0. The second-order valence-corrected chi connectivity index (χ2v) is 4.81. The van der Waals surface area contributed by atoms with Crippen LogP contribution in [0.25, 0.3) is 0 Å². The Labute approximate surface area is 122 Å². The summed E-state index contributed by atoms with van der Waals surface area (Å²) < 4.78 is 0.698. The van der Waals surface area contributed by atoms with Crippen molar-refractivity contribution in [3.05, 3.63) is 52.3 Å². The molecule has 0 aliphatic carbocycles. The van der Waals surface area contributed by atoms with Gasteiger partial charge >= 0.3 is 5.97 Å². The number of nitrogen functional groups attached to an aromatic ring is 1. The molecule has 0 bridgehead atoms. The smallest absolute Gasteiger partial charge is 0.337 e. The molecule has 4 N–H and O–H groups in total. The van der Waals surface area contributed by atoms with Gasteiger partial charge in [-0.3, -0.25) is 9.78 Å². The summed E-state index contributed by atoms with van der Waals surface area (Å²) in [6.45, 7) is 0. The van der Waals surface area contributed by atoms with Crippen LogP contribution in [0.4, 0.5) is 11.4 Å². The maximum absolute atomic E-state index is 12.0. The topological polar surface area (TPSA) is 105 Å². The first-order valence-corrected chi connectivity index (χ1v) is 6.31. The van der Waals surface area contributed by atoms with Gasteiger partial charge in [0.25, 0.3) is 5.91 Å². The molecule has 20 heavy (non-hydrogen) atoms. The van der Waals surface area contributed by atoms with Crippen LogP contribution in [0.2, 0.25) is 0 Å². The summed E-state index contributed by atoms with van der Waals surface area (Å²) >= 11 is 3.24. The van der Waals surface area contributed by atoms with Gasteiger partial charge in [0.05, 0.1) is 17.4 Å². The molecule has 1 amide bonds. The predicted octanol–water partition coefficient (Wildman–Crippen LogP) is 2.38. The van der Waals surface area contributed by atoms with E-state index in [9.17, 15) is 9.59 Å². The van der Waals surface area contributed by atoms with Gasteiger partial charge in [-0.25, -0.2) is 4.79 Å². The SMILES string of the molecule is Nc1cc(C(=O)Nc2cncc(C(=O)O)c2)ccc1Br. The van der Waals surface area contributed by atoms with E-state index in [0.717, 1.165) is 0 Å². The summed E-state index contributed by atoms with van der Waals surface area (Å²) in [4.78, 5) is 26.6. The quantitative estimate of drug-likeness (QED) is 0.747. The number of nitrogens with two attached hydrogens (primary N) is 1. The third kappa shape index (κ3) is 3.12. The summed E-state index contributed by atoms with van der Waals surface area (Å²) in [5.74, 6) is -1.50. The van der Waals surface area contributed by atoms with E-state index >= 15 is 0 Å². The Kier molecular flexibility index (Phi) is 3.99. The Hall–Kier alpha value is -2.41. The van der Waals surface area contributed by atoms with Crippen LogP contribution >= 0.6 is 15.9 Å². The standard InChI is InChI=1S/C13H10BrN3O3/c14-10-2-1-7(4-11(10)15)12(18)17-9-3-8(13(19)20)5-16-6-9/h1-6H,15H2,(H,17,18)(H,19,20). The van der Waals surface area contributed by atoms with Crippen molar-refractivity contribution < 1.29 is 14.7 Å². The van der Waals surface area contributed by atoms with Gasteiger partial charge in [-0.2, -0.15) is 0 Å². The number of pyridine rings is 1. The maximum atomic E-state index is 12.0. The van der Waals surface area contributed by atoms with Crippen LogP contribution < -0.4 is 11.1 Å². The molecule has 0 unspecified atom stereocenters. The number of aromatic nitrogens is 1. The van der Waals surface area contributed by atoms with Crippen molar-refractivity contribution in [1.29, 1.82) is 0 Å². The first-order chi connectivity index (χ1) is 9.47. The minimum atomic E-state index is -1.11. The molecular formula is C13H10BrN3O3. The number of benzene rings is 1. The number of hydrogen-bond donors (Lipinski definition) is 3. The molecule has 6 nitrogen and oxygen atoms in total. The van der Waals surface area contributed by atoms with Crippen LogP contribution in [0.15, 0.2) is 41.1 Å². The zero-order valence-corrected chi connectivity index (χ0v) is 11.7. The predicted molar refractivity (Wildman–Crippen MR) is 77.7 cm³/mol. The molecule has 7 heteroatoms. The minimum absolute atomic E-state index is 0.00174. The van der Waals surface area contributed by atoms with E-state index in [2.05, 4.69) is 26.2 Å². The highest BCUT2D eigenvalue weighted by atomic mass is 79.9. The fraction of sp³-hybridized carbons (Fsp3) is 0. The summed E-state index contributed by atoms with van der Waals surface area (Å²) in [5.41, 5.74) is 6.81. The van der Waals surface area contributed by atoms with Crippen molar-refractivity contribution in [2.75, 3.05) is 11.1 Å². The highest BCUT2D eigenvalue weighted by Crippen LogP contribution is 2.21. The lowest BCUT2D eigenvalue weighted by molar-refractivity contribution is 0.0696. The van der Waals surface area contributed by atoms with Gasteiger partial charge in [-0.1, -0.05) is 0 Å². The number of halogens is 1. The minimum Gasteiger partial charge on any atom is -0.478 e. The van der Waals surface area contributed by atoms with Crippen molar-refractivity contribution in [2.45, 2.75) is 0 Å². The second kappa shape index (κ2) is 5.70. The number of hydrogen-bond acceptors (Lipinski definition) is 4. The lowest BCUT2D eigenvalue weighted by atomic mass is 10.2. The number of amides is 1. The number of anilines is 2. The lowest BCUT2D eigenvalue weighted by Gasteiger charge is -2.07.